The third-order valence-corrected chi connectivity index (χ3v) is 7.72. The standard InChI is InChI=1S/C26H30N4O3/c1-16(2)29-9-5-6-17(12-29)13-30-21-8-4-3-7-19(21)26(25(30)31)14-28-24(27)18-10-22-23(11-20(18)26)33-15-32-22/h3-4,7-8,10-11,16-17H,5-6,9,12-15H2,1-2H3,(H2,27,28). The number of fused-ring (bicyclic) bond motifs is 5. The normalized spacial score (nSPS) is 26.0. The van der Waals surface area contributed by atoms with Gasteiger partial charge in [-0.3, -0.25) is 9.79 Å². The summed E-state index contributed by atoms with van der Waals surface area (Å²) in [4.78, 5) is 23.5. The van der Waals surface area contributed by atoms with Gasteiger partial charge in [0.15, 0.2) is 11.5 Å². The van der Waals surface area contributed by atoms with Crippen LogP contribution >= 0.6 is 0 Å². The van der Waals surface area contributed by atoms with Gasteiger partial charge < -0.3 is 25.0 Å². The van der Waals surface area contributed by atoms with Gasteiger partial charge in [-0.25, -0.2) is 0 Å². The molecule has 0 saturated carbocycles. The summed E-state index contributed by atoms with van der Waals surface area (Å²) in [6, 6.07) is 12.5. The molecule has 1 saturated heterocycles. The van der Waals surface area contributed by atoms with E-state index < -0.39 is 5.41 Å². The largest absolute Gasteiger partial charge is 0.454 e. The number of hydrogen-bond donors (Lipinski definition) is 1. The van der Waals surface area contributed by atoms with Gasteiger partial charge in [0.1, 0.15) is 11.3 Å². The van der Waals surface area contributed by atoms with Gasteiger partial charge >= 0.3 is 0 Å². The number of anilines is 1. The van der Waals surface area contributed by atoms with Crippen LogP contribution in [-0.4, -0.2) is 55.7 Å². The van der Waals surface area contributed by atoms with E-state index in [-0.39, 0.29) is 12.7 Å². The fourth-order valence-corrected chi connectivity index (χ4v) is 5.97. The minimum Gasteiger partial charge on any atom is -0.454 e. The van der Waals surface area contributed by atoms with Crippen molar-refractivity contribution in [3.63, 3.8) is 0 Å². The molecule has 6 rings (SSSR count). The Labute approximate surface area is 194 Å². The highest BCUT2D eigenvalue weighted by Crippen LogP contribution is 2.51. The summed E-state index contributed by atoms with van der Waals surface area (Å²) in [5, 5.41) is 0. The Kier molecular flexibility index (Phi) is 4.66. The average molecular weight is 447 g/mol. The molecule has 2 aromatic rings. The van der Waals surface area contributed by atoms with E-state index in [1.807, 2.05) is 29.2 Å². The highest BCUT2D eigenvalue weighted by molar-refractivity contribution is 6.14. The van der Waals surface area contributed by atoms with Gasteiger partial charge in [0.05, 0.1) is 6.54 Å². The predicted octanol–water partition coefficient (Wildman–Crippen LogP) is 2.89. The molecule has 1 fully saturated rings. The number of ether oxygens (including phenoxy) is 2. The number of likely N-dealkylation sites (tertiary alicyclic amines) is 1. The lowest BCUT2D eigenvalue weighted by atomic mass is 9.71. The van der Waals surface area contributed by atoms with Gasteiger partial charge in [-0.2, -0.15) is 0 Å². The number of nitrogens with zero attached hydrogens (tertiary/aromatic N) is 3. The Bertz CT molecular complexity index is 1160. The smallest absolute Gasteiger partial charge is 0.244 e. The number of nitrogens with two attached hydrogens (primary N) is 1. The quantitative estimate of drug-likeness (QED) is 0.784. The molecule has 1 amide bonds. The highest BCUT2D eigenvalue weighted by atomic mass is 16.7. The lowest BCUT2D eigenvalue weighted by Gasteiger charge is -2.38. The maximum absolute atomic E-state index is 14.3. The molecule has 0 aliphatic carbocycles. The summed E-state index contributed by atoms with van der Waals surface area (Å²) in [7, 11) is 0. The van der Waals surface area contributed by atoms with Gasteiger partial charge in [0.2, 0.25) is 12.7 Å². The van der Waals surface area contributed by atoms with E-state index in [9.17, 15) is 4.79 Å². The Morgan fingerprint density at radius 1 is 1.18 bits per heavy atom. The molecule has 0 bridgehead atoms. The molecule has 4 aliphatic rings. The number of rotatable bonds is 3. The summed E-state index contributed by atoms with van der Waals surface area (Å²) in [5.74, 6) is 2.28. The molecular formula is C26H30N4O3. The van der Waals surface area contributed by atoms with E-state index in [1.54, 1.807) is 0 Å². The van der Waals surface area contributed by atoms with Gasteiger partial charge in [0.25, 0.3) is 0 Å². The van der Waals surface area contributed by atoms with E-state index in [1.165, 1.54) is 6.42 Å². The van der Waals surface area contributed by atoms with Gasteiger partial charge in [0, 0.05) is 30.4 Å². The zero-order valence-electron chi connectivity index (χ0n) is 19.2. The lowest BCUT2D eigenvalue weighted by Crippen LogP contribution is -2.49. The molecule has 33 heavy (non-hydrogen) atoms. The molecule has 7 heteroatoms. The molecule has 4 aliphatic heterocycles. The summed E-state index contributed by atoms with van der Waals surface area (Å²) < 4.78 is 11.3. The van der Waals surface area contributed by atoms with E-state index in [0.717, 1.165) is 48.4 Å². The molecule has 1 spiro atoms. The molecule has 2 atom stereocenters. The van der Waals surface area contributed by atoms with Crippen LogP contribution in [0.15, 0.2) is 41.4 Å². The van der Waals surface area contributed by atoms with Crippen molar-refractivity contribution in [2.45, 2.75) is 38.1 Å². The minimum atomic E-state index is -0.887. The summed E-state index contributed by atoms with van der Waals surface area (Å²) in [6.07, 6.45) is 2.31. The van der Waals surface area contributed by atoms with Gasteiger partial charge in [-0.1, -0.05) is 18.2 Å². The average Bonchev–Trinajstić information content (AvgIpc) is 3.38. The topological polar surface area (TPSA) is 80.4 Å². The lowest BCUT2D eigenvalue weighted by molar-refractivity contribution is -0.121. The zero-order chi connectivity index (χ0) is 22.7. The van der Waals surface area contributed by atoms with Crippen molar-refractivity contribution in [2.24, 2.45) is 16.6 Å². The SMILES string of the molecule is CC(C)N1CCCC(CN2C(=O)C3(CN=C(N)c4cc5c(cc43)OCO5)c3ccccc32)C1. The number of para-hydroxylation sites is 1. The minimum absolute atomic E-state index is 0.0849. The van der Waals surface area contributed by atoms with Crippen LogP contribution in [0.25, 0.3) is 0 Å². The number of hydrogen-bond acceptors (Lipinski definition) is 6. The van der Waals surface area contributed by atoms with Crippen LogP contribution in [0.5, 0.6) is 11.5 Å². The van der Waals surface area contributed by atoms with Crippen LogP contribution in [0.3, 0.4) is 0 Å². The second kappa shape index (κ2) is 7.48. The van der Waals surface area contributed by atoms with Crippen LogP contribution in [-0.2, 0) is 10.2 Å². The third kappa shape index (κ3) is 2.98. The second-order valence-corrected chi connectivity index (χ2v) is 9.89. The number of carbonyl (C=O) groups is 1. The predicted molar refractivity (Wildman–Crippen MR) is 127 cm³/mol. The second-order valence-electron chi connectivity index (χ2n) is 9.89. The zero-order valence-corrected chi connectivity index (χ0v) is 19.2. The first-order valence-electron chi connectivity index (χ1n) is 11.9. The first-order valence-corrected chi connectivity index (χ1v) is 11.9. The highest BCUT2D eigenvalue weighted by Gasteiger charge is 2.55. The number of amides is 1. The van der Waals surface area contributed by atoms with Crippen molar-refractivity contribution >= 4 is 17.4 Å². The molecular weight excluding hydrogens is 416 g/mol. The van der Waals surface area contributed by atoms with Gasteiger partial charge in [-0.05, 0) is 68.5 Å². The first kappa shape index (κ1) is 20.5. The summed E-state index contributed by atoms with van der Waals surface area (Å²) in [5.41, 5.74) is 9.04. The van der Waals surface area contributed by atoms with Crippen LogP contribution in [0.4, 0.5) is 5.69 Å². The van der Waals surface area contributed by atoms with E-state index in [0.29, 0.717) is 35.8 Å². The molecule has 2 unspecified atom stereocenters. The molecule has 7 nitrogen and oxygen atoms in total. The van der Waals surface area contributed by atoms with Crippen LogP contribution in [0, 0.1) is 5.92 Å². The van der Waals surface area contributed by atoms with E-state index >= 15 is 0 Å². The van der Waals surface area contributed by atoms with Crippen molar-refractivity contribution in [1.29, 1.82) is 0 Å². The fourth-order valence-electron chi connectivity index (χ4n) is 5.97. The molecule has 172 valence electrons. The monoisotopic (exact) mass is 446 g/mol. The Morgan fingerprint density at radius 2 is 1.97 bits per heavy atom. The number of aliphatic imine (C=N–C) groups is 1. The number of piperidine rings is 1. The number of amidine groups is 1. The third-order valence-electron chi connectivity index (χ3n) is 7.72. The number of carbonyl (C=O) groups excluding carboxylic acids is 1. The molecule has 0 aromatic heterocycles. The summed E-state index contributed by atoms with van der Waals surface area (Å²) >= 11 is 0. The first-order chi connectivity index (χ1) is 16.0. The Hall–Kier alpha value is -3.06. The Balaban J connectivity index is 1.43. The van der Waals surface area contributed by atoms with Crippen molar-refractivity contribution in [3.05, 3.63) is 53.1 Å². The summed E-state index contributed by atoms with van der Waals surface area (Å²) in [6.45, 7) is 7.86. The van der Waals surface area contributed by atoms with Crippen LogP contribution in [0.1, 0.15) is 43.4 Å². The Morgan fingerprint density at radius 3 is 2.79 bits per heavy atom. The molecule has 2 aromatic carbocycles. The van der Waals surface area contributed by atoms with Crippen molar-refractivity contribution in [3.8, 4) is 11.5 Å². The van der Waals surface area contributed by atoms with Crippen LogP contribution < -0.4 is 20.1 Å². The molecule has 2 N–H and O–H groups in total. The maximum Gasteiger partial charge on any atom is 0.244 e. The van der Waals surface area contributed by atoms with E-state index in [2.05, 4.69) is 35.9 Å². The van der Waals surface area contributed by atoms with Crippen molar-refractivity contribution < 1.29 is 14.3 Å². The number of benzene rings is 2. The molecule has 4 heterocycles. The fraction of sp³-hybridized carbons (Fsp3) is 0.462. The van der Waals surface area contributed by atoms with Crippen molar-refractivity contribution in [1.82, 2.24) is 4.90 Å². The van der Waals surface area contributed by atoms with Crippen LogP contribution in [0.2, 0.25) is 0 Å². The van der Waals surface area contributed by atoms with E-state index in [4.69, 9.17) is 15.2 Å². The molecule has 0 radical (unpaired) electrons. The van der Waals surface area contributed by atoms with Crippen molar-refractivity contribution in [2.75, 3.05) is 37.9 Å². The van der Waals surface area contributed by atoms with Gasteiger partial charge in [-0.15, -0.1) is 0 Å². The maximum atomic E-state index is 14.3.